The van der Waals surface area contributed by atoms with Crippen LogP contribution in [0.1, 0.15) is 16.7 Å². The maximum atomic E-state index is 11.7. The van der Waals surface area contributed by atoms with Gasteiger partial charge in [-0.15, -0.1) is 0 Å². The van der Waals surface area contributed by atoms with Crippen LogP contribution >= 0.6 is 11.6 Å². The van der Waals surface area contributed by atoms with Gasteiger partial charge in [-0.1, -0.05) is 35.9 Å². The van der Waals surface area contributed by atoms with Gasteiger partial charge >= 0.3 is 0 Å². The highest BCUT2D eigenvalue weighted by Crippen LogP contribution is 2.16. The molecule has 0 heterocycles. The molecule has 0 aliphatic heterocycles. The molecule has 0 atom stereocenters. The molecule has 2 aromatic rings. The molecule has 0 aromatic heterocycles. The summed E-state index contributed by atoms with van der Waals surface area (Å²) >= 11 is 5.98. The molecule has 0 aliphatic rings. The van der Waals surface area contributed by atoms with Crippen LogP contribution < -0.4 is 10.6 Å². The number of hydrogen-bond acceptors (Lipinski definition) is 3. The van der Waals surface area contributed by atoms with Gasteiger partial charge in [0, 0.05) is 31.4 Å². The summed E-state index contributed by atoms with van der Waals surface area (Å²) in [4.78, 5) is 4.55. The highest BCUT2D eigenvalue weighted by Gasteiger charge is 2.10. The number of halogens is 1. The first kappa shape index (κ1) is 19.3. The van der Waals surface area contributed by atoms with Crippen LogP contribution in [0, 0.1) is 6.92 Å². The van der Waals surface area contributed by atoms with Crippen molar-refractivity contribution in [2.75, 3.05) is 13.3 Å². The van der Waals surface area contributed by atoms with Crippen LogP contribution in [0.4, 0.5) is 0 Å². The van der Waals surface area contributed by atoms with Crippen molar-refractivity contribution in [3.8, 4) is 0 Å². The predicted octanol–water partition coefficient (Wildman–Crippen LogP) is 2.92. The lowest BCUT2D eigenvalue weighted by Crippen LogP contribution is -2.36. The van der Waals surface area contributed by atoms with Crippen molar-refractivity contribution in [2.45, 2.75) is 24.9 Å². The molecular formula is C18H22ClN3O2S. The zero-order chi connectivity index (χ0) is 18.4. The predicted molar refractivity (Wildman–Crippen MR) is 103 cm³/mol. The first-order valence-electron chi connectivity index (χ1n) is 7.78. The fourth-order valence-electron chi connectivity index (χ4n) is 2.48. The Labute approximate surface area is 154 Å². The van der Waals surface area contributed by atoms with E-state index in [0.29, 0.717) is 29.0 Å². The van der Waals surface area contributed by atoms with Gasteiger partial charge in [0.05, 0.1) is 4.90 Å². The Bertz CT molecular complexity index is 880. The van der Waals surface area contributed by atoms with Crippen LogP contribution in [0.3, 0.4) is 0 Å². The van der Waals surface area contributed by atoms with Crippen LogP contribution in [0.25, 0.3) is 0 Å². The minimum absolute atomic E-state index is 0.361. The van der Waals surface area contributed by atoms with Crippen LogP contribution in [-0.2, 0) is 22.9 Å². The number of aryl methyl sites for hydroxylation is 1. The Morgan fingerprint density at radius 2 is 1.72 bits per heavy atom. The summed E-state index contributed by atoms with van der Waals surface area (Å²) in [5.41, 5.74) is 2.78. The van der Waals surface area contributed by atoms with E-state index in [4.69, 9.17) is 11.6 Å². The Hall–Kier alpha value is -2.05. The summed E-state index contributed by atoms with van der Waals surface area (Å²) in [5, 5.41) is 7.13. The van der Waals surface area contributed by atoms with Gasteiger partial charge in [-0.25, -0.2) is 8.42 Å². The van der Waals surface area contributed by atoms with Gasteiger partial charge in [-0.2, -0.15) is 0 Å². The number of guanidine groups is 1. The van der Waals surface area contributed by atoms with E-state index in [0.717, 1.165) is 16.7 Å². The van der Waals surface area contributed by atoms with Crippen LogP contribution in [0.5, 0.6) is 0 Å². The fourth-order valence-corrected chi connectivity index (χ4v) is 3.65. The lowest BCUT2D eigenvalue weighted by Gasteiger charge is -2.13. The number of aliphatic imine (C=N–C) groups is 1. The molecule has 0 spiro atoms. The van der Waals surface area contributed by atoms with E-state index in [1.807, 2.05) is 30.3 Å². The molecule has 0 bridgehead atoms. The van der Waals surface area contributed by atoms with Crippen molar-refractivity contribution in [1.82, 2.24) is 10.6 Å². The molecule has 0 saturated heterocycles. The first-order valence-corrected chi connectivity index (χ1v) is 10.0. The van der Waals surface area contributed by atoms with Crippen molar-refractivity contribution < 1.29 is 8.42 Å². The molecule has 0 aliphatic carbocycles. The second kappa shape index (κ2) is 8.36. The van der Waals surface area contributed by atoms with E-state index in [1.54, 1.807) is 26.1 Å². The minimum atomic E-state index is -3.20. The molecular weight excluding hydrogens is 358 g/mol. The third-order valence-corrected chi connectivity index (χ3v) is 5.16. The van der Waals surface area contributed by atoms with Crippen LogP contribution in [-0.4, -0.2) is 27.7 Å². The Balaban J connectivity index is 1.96. The Kier molecular flexibility index (Phi) is 6.45. The number of nitrogens with zero attached hydrogens (tertiary/aromatic N) is 1. The van der Waals surface area contributed by atoms with Gasteiger partial charge in [0.15, 0.2) is 15.8 Å². The maximum absolute atomic E-state index is 11.7. The first-order chi connectivity index (χ1) is 11.8. The number of rotatable bonds is 5. The number of sulfone groups is 1. The smallest absolute Gasteiger partial charge is 0.191 e. The molecule has 2 rings (SSSR count). The largest absolute Gasteiger partial charge is 0.352 e. The third kappa shape index (κ3) is 5.76. The quantitative estimate of drug-likeness (QED) is 0.619. The van der Waals surface area contributed by atoms with Crippen molar-refractivity contribution in [3.63, 3.8) is 0 Å². The molecule has 5 nitrogen and oxygen atoms in total. The van der Waals surface area contributed by atoms with Crippen molar-refractivity contribution >= 4 is 27.4 Å². The number of nitrogens with one attached hydrogen (secondary N) is 2. The highest BCUT2D eigenvalue weighted by atomic mass is 35.5. The highest BCUT2D eigenvalue weighted by molar-refractivity contribution is 7.90. The van der Waals surface area contributed by atoms with Crippen molar-refractivity contribution in [1.29, 1.82) is 0 Å². The Morgan fingerprint density at radius 1 is 1.08 bits per heavy atom. The summed E-state index contributed by atoms with van der Waals surface area (Å²) in [6.45, 7) is 2.94. The summed E-state index contributed by atoms with van der Waals surface area (Å²) < 4.78 is 23.3. The minimum Gasteiger partial charge on any atom is -0.352 e. The average molecular weight is 380 g/mol. The van der Waals surface area contributed by atoms with E-state index in [1.165, 1.54) is 6.26 Å². The zero-order valence-corrected chi connectivity index (χ0v) is 16.1. The van der Waals surface area contributed by atoms with Gasteiger partial charge < -0.3 is 10.6 Å². The molecule has 0 amide bonds. The molecule has 2 N–H and O–H groups in total. The molecule has 0 unspecified atom stereocenters. The second-order valence-corrected chi connectivity index (χ2v) is 8.20. The van der Waals surface area contributed by atoms with E-state index in [2.05, 4.69) is 15.6 Å². The molecule has 0 saturated carbocycles. The SMILES string of the molecule is CN=C(NCc1cccc(Cl)c1)NCc1ccc(S(C)(=O)=O)c(C)c1. The molecule has 2 aromatic carbocycles. The molecule has 134 valence electrons. The zero-order valence-electron chi connectivity index (χ0n) is 14.5. The average Bonchev–Trinajstić information content (AvgIpc) is 2.54. The summed E-state index contributed by atoms with van der Waals surface area (Å²) in [6, 6.07) is 12.9. The van der Waals surface area contributed by atoms with E-state index >= 15 is 0 Å². The molecule has 7 heteroatoms. The third-order valence-electron chi connectivity index (χ3n) is 3.67. The van der Waals surface area contributed by atoms with Crippen molar-refractivity contribution in [3.05, 3.63) is 64.2 Å². The van der Waals surface area contributed by atoms with Gasteiger partial charge in [0.25, 0.3) is 0 Å². The summed E-state index contributed by atoms with van der Waals surface area (Å²) in [6.07, 6.45) is 1.22. The second-order valence-electron chi connectivity index (χ2n) is 5.78. The summed E-state index contributed by atoms with van der Waals surface area (Å²) in [7, 11) is -1.50. The lowest BCUT2D eigenvalue weighted by atomic mass is 10.1. The topological polar surface area (TPSA) is 70.6 Å². The Morgan fingerprint density at radius 3 is 2.24 bits per heavy atom. The van der Waals surface area contributed by atoms with Crippen molar-refractivity contribution in [2.24, 2.45) is 4.99 Å². The van der Waals surface area contributed by atoms with Gasteiger partial charge in [0.2, 0.25) is 0 Å². The molecule has 0 fully saturated rings. The van der Waals surface area contributed by atoms with Crippen LogP contribution in [0.2, 0.25) is 5.02 Å². The van der Waals surface area contributed by atoms with E-state index in [9.17, 15) is 8.42 Å². The number of hydrogen-bond donors (Lipinski definition) is 2. The standard InChI is InChI=1S/C18H22ClN3O2S/c1-13-9-15(7-8-17(13)25(3,23)24)12-22-18(20-2)21-11-14-5-4-6-16(19)10-14/h4-10H,11-12H2,1-3H3,(H2,20,21,22). The van der Waals surface area contributed by atoms with Crippen LogP contribution in [0.15, 0.2) is 52.4 Å². The normalized spacial score (nSPS) is 12.1. The van der Waals surface area contributed by atoms with Gasteiger partial charge in [-0.3, -0.25) is 4.99 Å². The molecule has 25 heavy (non-hydrogen) atoms. The van der Waals surface area contributed by atoms with Gasteiger partial charge in [0.1, 0.15) is 0 Å². The fraction of sp³-hybridized carbons (Fsp3) is 0.278. The van der Waals surface area contributed by atoms with Gasteiger partial charge in [-0.05, 0) is 41.8 Å². The number of benzene rings is 2. The molecule has 0 radical (unpaired) electrons. The summed E-state index contributed by atoms with van der Waals surface area (Å²) in [5.74, 6) is 0.657. The lowest BCUT2D eigenvalue weighted by molar-refractivity contribution is 0.601. The maximum Gasteiger partial charge on any atom is 0.191 e. The van der Waals surface area contributed by atoms with E-state index < -0.39 is 9.84 Å². The van der Waals surface area contributed by atoms with E-state index in [-0.39, 0.29) is 0 Å². The monoisotopic (exact) mass is 379 g/mol.